The number of sulfonamides is 1. The van der Waals surface area contributed by atoms with Gasteiger partial charge in [0.25, 0.3) is 0 Å². The van der Waals surface area contributed by atoms with E-state index >= 15 is 0 Å². The summed E-state index contributed by atoms with van der Waals surface area (Å²) in [6.07, 6.45) is 2.44. The van der Waals surface area contributed by atoms with Crippen LogP contribution in [0.1, 0.15) is 25.1 Å². The van der Waals surface area contributed by atoms with Crippen molar-refractivity contribution in [2.75, 3.05) is 18.8 Å². The molecular formula is C11H21ClN4O2S2. The molecule has 0 bridgehead atoms. The molecule has 0 spiro atoms. The number of hydrogen-bond donors (Lipinski definition) is 2. The van der Waals surface area contributed by atoms with Gasteiger partial charge in [0.05, 0.1) is 5.25 Å². The summed E-state index contributed by atoms with van der Waals surface area (Å²) in [5.74, 6) is 0. The van der Waals surface area contributed by atoms with Gasteiger partial charge in [0.1, 0.15) is 0 Å². The van der Waals surface area contributed by atoms with E-state index in [2.05, 4.69) is 14.6 Å². The third kappa shape index (κ3) is 4.56. The summed E-state index contributed by atoms with van der Waals surface area (Å²) >= 11 is 1.45. The highest BCUT2D eigenvalue weighted by molar-refractivity contribution is 7.90. The third-order valence-corrected chi connectivity index (χ3v) is 5.89. The molecule has 0 amide bonds. The summed E-state index contributed by atoms with van der Waals surface area (Å²) in [7, 11) is -3.21. The van der Waals surface area contributed by atoms with Crippen molar-refractivity contribution in [1.29, 1.82) is 0 Å². The number of nitrogens with zero attached hydrogens (tertiary/aromatic N) is 2. The second kappa shape index (κ2) is 7.04. The van der Waals surface area contributed by atoms with E-state index < -0.39 is 10.0 Å². The third-order valence-electron chi connectivity index (χ3n) is 3.02. The second-order valence-corrected chi connectivity index (χ2v) is 8.27. The van der Waals surface area contributed by atoms with Crippen molar-refractivity contribution in [1.82, 2.24) is 14.6 Å². The van der Waals surface area contributed by atoms with Gasteiger partial charge in [-0.05, 0) is 26.8 Å². The minimum atomic E-state index is -3.21. The number of thiazole rings is 1. The Bertz CT molecular complexity index is 532. The van der Waals surface area contributed by atoms with Gasteiger partial charge in [-0.3, -0.25) is 4.90 Å². The quantitative estimate of drug-likeness (QED) is 0.836. The van der Waals surface area contributed by atoms with Crippen LogP contribution in [0.25, 0.3) is 0 Å². The van der Waals surface area contributed by atoms with Crippen LogP contribution in [0.2, 0.25) is 0 Å². The fourth-order valence-corrected chi connectivity index (χ4v) is 4.63. The first-order chi connectivity index (χ1) is 8.87. The molecular weight excluding hydrogens is 320 g/mol. The van der Waals surface area contributed by atoms with Crippen LogP contribution in [0.5, 0.6) is 0 Å². The lowest BCUT2D eigenvalue weighted by atomic mass is 10.4. The Morgan fingerprint density at radius 2 is 2.30 bits per heavy atom. The molecule has 1 saturated heterocycles. The van der Waals surface area contributed by atoms with Gasteiger partial charge < -0.3 is 5.73 Å². The lowest BCUT2D eigenvalue weighted by Gasteiger charge is -2.16. The van der Waals surface area contributed by atoms with E-state index in [4.69, 9.17) is 5.73 Å². The number of likely N-dealkylation sites (tertiary alicyclic amines) is 1. The Morgan fingerprint density at radius 1 is 1.60 bits per heavy atom. The zero-order chi connectivity index (χ0) is 14.0. The van der Waals surface area contributed by atoms with Crippen molar-refractivity contribution < 1.29 is 8.42 Å². The average molecular weight is 341 g/mol. The molecule has 2 rings (SSSR count). The van der Waals surface area contributed by atoms with Crippen molar-refractivity contribution >= 4 is 38.9 Å². The van der Waals surface area contributed by atoms with Gasteiger partial charge in [-0.1, -0.05) is 0 Å². The maximum Gasteiger partial charge on any atom is 0.216 e. The Morgan fingerprint density at radius 3 is 2.85 bits per heavy atom. The van der Waals surface area contributed by atoms with E-state index in [1.54, 1.807) is 6.20 Å². The van der Waals surface area contributed by atoms with Gasteiger partial charge in [0.2, 0.25) is 10.0 Å². The van der Waals surface area contributed by atoms with Crippen LogP contribution in [0.15, 0.2) is 6.20 Å². The summed E-state index contributed by atoms with van der Waals surface area (Å²) in [4.78, 5) is 7.22. The zero-order valence-corrected chi connectivity index (χ0v) is 14.0. The maximum absolute atomic E-state index is 12.1. The van der Waals surface area contributed by atoms with Gasteiger partial charge in [-0.25, -0.2) is 18.1 Å². The molecule has 116 valence electrons. The Kier molecular flexibility index (Phi) is 6.21. The van der Waals surface area contributed by atoms with E-state index in [0.717, 1.165) is 18.0 Å². The number of rotatable bonds is 5. The molecule has 0 saturated carbocycles. The number of hydrogen-bond acceptors (Lipinski definition) is 6. The predicted molar refractivity (Wildman–Crippen MR) is 84.6 cm³/mol. The molecule has 1 aromatic rings. The molecule has 3 N–H and O–H groups in total. The van der Waals surface area contributed by atoms with Crippen LogP contribution in [-0.4, -0.2) is 42.7 Å². The average Bonchev–Trinajstić information content (AvgIpc) is 2.87. The summed E-state index contributed by atoms with van der Waals surface area (Å²) in [6, 6.07) is -0.0552. The van der Waals surface area contributed by atoms with Crippen molar-refractivity contribution in [3.8, 4) is 0 Å². The van der Waals surface area contributed by atoms with Crippen molar-refractivity contribution in [3.63, 3.8) is 0 Å². The number of halogens is 1. The zero-order valence-electron chi connectivity index (χ0n) is 11.6. The predicted octanol–water partition coefficient (Wildman–Crippen LogP) is 1.05. The minimum Gasteiger partial charge on any atom is -0.375 e. The fourth-order valence-electron chi connectivity index (χ4n) is 2.23. The van der Waals surface area contributed by atoms with Crippen LogP contribution < -0.4 is 10.5 Å². The normalized spacial score (nSPS) is 20.2. The molecule has 6 nitrogen and oxygen atoms in total. The van der Waals surface area contributed by atoms with Crippen LogP contribution in [0, 0.1) is 0 Å². The minimum absolute atomic E-state index is 0. The molecule has 0 aromatic carbocycles. The highest BCUT2D eigenvalue weighted by Gasteiger charge is 2.33. The highest BCUT2D eigenvalue weighted by Crippen LogP contribution is 2.22. The van der Waals surface area contributed by atoms with Crippen LogP contribution in [0.4, 0.5) is 5.13 Å². The lowest BCUT2D eigenvalue weighted by Crippen LogP contribution is -2.39. The lowest BCUT2D eigenvalue weighted by molar-refractivity contribution is 0.334. The summed E-state index contributed by atoms with van der Waals surface area (Å²) in [6.45, 7) is 5.76. The summed E-state index contributed by atoms with van der Waals surface area (Å²) in [5.41, 5.74) is 5.59. The van der Waals surface area contributed by atoms with Crippen molar-refractivity contribution in [2.45, 2.75) is 38.1 Å². The first-order valence-corrected chi connectivity index (χ1v) is 8.67. The van der Waals surface area contributed by atoms with Gasteiger partial charge in [0, 0.05) is 30.2 Å². The van der Waals surface area contributed by atoms with Crippen molar-refractivity contribution in [3.05, 3.63) is 11.1 Å². The van der Waals surface area contributed by atoms with E-state index in [-0.39, 0.29) is 23.7 Å². The highest BCUT2D eigenvalue weighted by atomic mass is 35.5. The van der Waals surface area contributed by atoms with Gasteiger partial charge in [-0.2, -0.15) is 0 Å². The molecule has 1 aliphatic rings. The Hall–Kier alpha value is -0.410. The monoisotopic (exact) mass is 340 g/mol. The number of nitrogen functional groups attached to an aromatic ring is 1. The number of nitrogens with one attached hydrogen (secondary N) is 1. The van der Waals surface area contributed by atoms with Gasteiger partial charge in [0.15, 0.2) is 5.13 Å². The molecule has 0 aliphatic carbocycles. The first-order valence-electron chi connectivity index (χ1n) is 6.30. The number of aromatic nitrogens is 1. The molecule has 0 radical (unpaired) electrons. The largest absolute Gasteiger partial charge is 0.375 e. The standard InChI is InChI=1S/C11H20N4O2S2.ClH/c1-8(2)14-19(16,17)10-3-4-15(7-10)6-9-5-13-11(12)18-9;/h5,8,10,14H,3-4,6-7H2,1-2H3,(H2,12,13);1H. The van der Waals surface area contributed by atoms with Gasteiger partial charge >= 0.3 is 0 Å². The molecule has 9 heteroatoms. The van der Waals surface area contributed by atoms with Gasteiger partial charge in [-0.15, -0.1) is 23.7 Å². The molecule has 1 fully saturated rings. The summed E-state index contributed by atoms with van der Waals surface area (Å²) in [5, 5.41) is 0.236. The molecule has 1 atom stereocenters. The first kappa shape index (κ1) is 17.6. The van der Waals surface area contributed by atoms with Crippen LogP contribution in [0.3, 0.4) is 0 Å². The topological polar surface area (TPSA) is 88.3 Å². The molecule has 1 unspecified atom stereocenters. The number of nitrogens with two attached hydrogens (primary N) is 1. The van der Waals surface area contributed by atoms with Crippen molar-refractivity contribution in [2.24, 2.45) is 0 Å². The van der Waals surface area contributed by atoms with E-state index in [9.17, 15) is 8.42 Å². The van der Waals surface area contributed by atoms with Crippen LogP contribution in [-0.2, 0) is 16.6 Å². The second-order valence-electron chi connectivity index (χ2n) is 5.13. The molecule has 1 aromatic heterocycles. The van der Waals surface area contributed by atoms with E-state index in [1.807, 2.05) is 13.8 Å². The SMILES string of the molecule is CC(C)NS(=O)(=O)C1CCN(Cc2cnc(N)s2)C1.Cl. The maximum atomic E-state index is 12.1. The number of anilines is 1. The smallest absolute Gasteiger partial charge is 0.216 e. The Balaban J connectivity index is 0.00000200. The summed E-state index contributed by atoms with van der Waals surface area (Å²) < 4.78 is 26.8. The van der Waals surface area contributed by atoms with E-state index in [0.29, 0.717) is 18.1 Å². The molecule has 20 heavy (non-hydrogen) atoms. The molecule has 2 heterocycles. The van der Waals surface area contributed by atoms with E-state index in [1.165, 1.54) is 11.3 Å². The fraction of sp³-hybridized carbons (Fsp3) is 0.727. The Labute approximate surface area is 130 Å². The molecule has 1 aliphatic heterocycles. The van der Waals surface area contributed by atoms with Crippen LogP contribution >= 0.6 is 23.7 Å².